The van der Waals surface area contributed by atoms with Crippen molar-refractivity contribution in [3.05, 3.63) is 81.9 Å². The van der Waals surface area contributed by atoms with Crippen LogP contribution in [0.15, 0.2) is 53.5 Å². The predicted octanol–water partition coefficient (Wildman–Crippen LogP) is 9.67. The zero-order chi connectivity index (χ0) is 31.1. The molecular formula is C37H52N2O2. The van der Waals surface area contributed by atoms with Crippen molar-refractivity contribution in [2.75, 3.05) is 11.9 Å². The molecule has 0 aromatic heterocycles. The monoisotopic (exact) mass is 556 g/mol. The minimum Gasteiger partial charge on any atom is -0.507 e. The molecule has 0 saturated heterocycles. The van der Waals surface area contributed by atoms with E-state index < -0.39 is 0 Å². The SMILES string of the molecule is CN(Cc1cc(C(C)(C)C)cc(C(C)(C)C)c1O)c1ccccc1/N=C/c1cc(C(C)(C)C)cc(C(C)(C)C)c1O. The molecule has 0 fully saturated rings. The van der Waals surface area contributed by atoms with E-state index in [9.17, 15) is 10.2 Å². The first-order chi connectivity index (χ1) is 18.6. The van der Waals surface area contributed by atoms with Crippen LogP contribution in [-0.4, -0.2) is 23.5 Å². The number of hydrogen-bond acceptors (Lipinski definition) is 4. The molecule has 3 aromatic carbocycles. The summed E-state index contributed by atoms with van der Waals surface area (Å²) in [4.78, 5) is 7.02. The van der Waals surface area contributed by atoms with Crippen LogP contribution in [0.5, 0.6) is 11.5 Å². The van der Waals surface area contributed by atoms with E-state index in [1.807, 2.05) is 37.4 Å². The highest BCUT2D eigenvalue weighted by Gasteiger charge is 2.26. The smallest absolute Gasteiger partial charge is 0.128 e. The van der Waals surface area contributed by atoms with Gasteiger partial charge in [-0.05, 0) is 62.6 Å². The Morgan fingerprint density at radius 2 is 1.15 bits per heavy atom. The second-order valence-electron chi connectivity index (χ2n) is 15.6. The Morgan fingerprint density at radius 1 is 0.659 bits per heavy atom. The Bertz CT molecular complexity index is 1420. The second kappa shape index (κ2) is 11.2. The Morgan fingerprint density at radius 3 is 1.66 bits per heavy atom. The topological polar surface area (TPSA) is 56.1 Å². The highest BCUT2D eigenvalue weighted by Crippen LogP contribution is 2.40. The van der Waals surface area contributed by atoms with Gasteiger partial charge in [0.05, 0.1) is 11.4 Å². The lowest BCUT2D eigenvalue weighted by molar-refractivity contribution is 0.437. The van der Waals surface area contributed by atoms with E-state index in [0.717, 1.165) is 33.6 Å². The minimum absolute atomic E-state index is 0.0429. The fourth-order valence-electron chi connectivity index (χ4n) is 4.96. The number of rotatable bonds is 5. The first kappa shape index (κ1) is 32.2. The maximum absolute atomic E-state index is 11.4. The summed E-state index contributed by atoms with van der Waals surface area (Å²) in [6.07, 6.45) is 1.78. The third-order valence-electron chi connectivity index (χ3n) is 7.72. The molecule has 3 aromatic rings. The number of anilines is 1. The van der Waals surface area contributed by atoms with Gasteiger partial charge in [-0.15, -0.1) is 0 Å². The first-order valence-electron chi connectivity index (χ1n) is 14.7. The lowest BCUT2D eigenvalue weighted by Crippen LogP contribution is -2.21. The van der Waals surface area contributed by atoms with Crippen LogP contribution in [0.25, 0.3) is 0 Å². The third kappa shape index (κ3) is 7.52. The zero-order valence-corrected chi connectivity index (χ0v) is 27.7. The molecule has 3 rings (SSSR count). The molecule has 41 heavy (non-hydrogen) atoms. The first-order valence-corrected chi connectivity index (χ1v) is 14.7. The van der Waals surface area contributed by atoms with Crippen LogP contribution in [-0.2, 0) is 28.2 Å². The fourth-order valence-corrected chi connectivity index (χ4v) is 4.96. The van der Waals surface area contributed by atoms with E-state index in [-0.39, 0.29) is 27.4 Å². The van der Waals surface area contributed by atoms with Crippen LogP contribution in [0.2, 0.25) is 0 Å². The van der Waals surface area contributed by atoms with Gasteiger partial charge >= 0.3 is 0 Å². The maximum atomic E-state index is 11.4. The molecule has 2 N–H and O–H groups in total. The normalized spacial score (nSPS) is 13.2. The zero-order valence-electron chi connectivity index (χ0n) is 27.7. The molecule has 4 heteroatoms. The lowest BCUT2D eigenvalue weighted by Gasteiger charge is -2.29. The van der Waals surface area contributed by atoms with Gasteiger partial charge in [-0.3, -0.25) is 4.99 Å². The third-order valence-corrected chi connectivity index (χ3v) is 7.72. The van der Waals surface area contributed by atoms with Gasteiger partial charge in [-0.25, -0.2) is 0 Å². The summed E-state index contributed by atoms with van der Waals surface area (Å²) in [5.74, 6) is 0.635. The largest absolute Gasteiger partial charge is 0.507 e. The van der Waals surface area contributed by atoms with Crippen molar-refractivity contribution in [3.63, 3.8) is 0 Å². The van der Waals surface area contributed by atoms with E-state index in [4.69, 9.17) is 4.99 Å². The molecule has 0 aliphatic rings. The van der Waals surface area contributed by atoms with Gasteiger partial charge in [0.25, 0.3) is 0 Å². The fraction of sp³-hybridized carbons (Fsp3) is 0.486. The quantitative estimate of drug-likeness (QED) is 0.308. The van der Waals surface area contributed by atoms with Gasteiger partial charge < -0.3 is 15.1 Å². The van der Waals surface area contributed by atoms with E-state index in [2.05, 4.69) is 106 Å². The van der Waals surface area contributed by atoms with Crippen LogP contribution in [0.3, 0.4) is 0 Å². The standard InChI is InChI=1S/C37H52N2O2/c1-34(2,3)26-18-24(32(40)28(20-26)36(7,8)9)22-38-30-16-14-15-17-31(30)39(13)23-25-19-27(35(4,5)6)21-29(33(25)41)37(10,11)12/h14-22,40-41H,23H2,1-13H3/b38-22+. The molecule has 0 heterocycles. The molecule has 0 radical (unpaired) electrons. The Labute approximate surface area is 249 Å². The van der Waals surface area contributed by atoms with E-state index in [1.165, 1.54) is 5.56 Å². The van der Waals surface area contributed by atoms with Crippen LogP contribution in [0.1, 0.15) is 116 Å². The van der Waals surface area contributed by atoms with Crippen molar-refractivity contribution in [3.8, 4) is 11.5 Å². The number of aromatic hydroxyl groups is 2. The molecule has 0 aliphatic heterocycles. The molecule has 222 valence electrons. The minimum atomic E-state index is -0.207. The average molecular weight is 557 g/mol. The molecule has 0 amide bonds. The van der Waals surface area contributed by atoms with Crippen molar-refractivity contribution in [2.24, 2.45) is 4.99 Å². The molecule has 4 nitrogen and oxygen atoms in total. The van der Waals surface area contributed by atoms with E-state index in [1.54, 1.807) is 6.21 Å². The van der Waals surface area contributed by atoms with Gasteiger partial charge in [0.1, 0.15) is 11.5 Å². The molecule has 0 saturated carbocycles. The summed E-state index contributed by atoms with van der Waals surface area (Å²) in [5, 5.41) is 22.6. The number of nitrogens with zero attached hydrogens (tertiary/aromatic N) is 2. The Balaban J connectivity index is 2.07. The van der Waals surface area contributed by atoms with Gasteiger partial charge in [0, 0.05) is 36.5 Å². The van der Waals surface area contributed by atoms with E-state index in [0.29, 0.717) is 17.9 Å². The van der Waals surface area contributed by atoms with Crippen molar-refractivity contribution in [1.29, 1.82) is 0 Å². The number of phenolic OH excluding ortho intramolecular Hbond substituents is 2. The van der Waals surface area contributed by atoms with Crippen LogP contribution in [0, 0.1) is 0 Å². The molecule has 0 aliphatic carbocycles. The number of phenols is 2. The second-order valence-corrected chi connectivity index (χ2v) is 15.6. The van der Waals surface area contributed by atoms with Crippen molar-refractivity contribution in [1.82, 2.24) is 0 Å². The van der Waals surface area contributed by atoms with Gasteiger partial charge in [-0.2, -0.15) is 0 Å². The maximum Gasteiger partial charge on any atom is 0.128 e. The van der Waals surface area contributed by atoms with Gasteiger partial charge in [0.15, 0.2) is 0 Å². The highest BCUT2D eigenvalue weighted by atomic mass is 16.3. The van der Waals surface area contributed by atoms with Crippen LogP contribution in [0.4, 0.5) is 11.4 Å². The van der Waals surface area contributed by atoms with Gasteiger partial charge in [0.2, 0.25) is 0 Å². The van der Waals surface area contributed by atoms with E-state index >= 15 is 0 Å². The summed E-state index contributed by atoms with van der Waals surface area (Å²) >= 11 is 0. The number of hydrogen-bond donors (Lipinski definition) is 2. The summed E-state index contributed by atoms with van der Waals surface area (Å²) < 4.78 is 0. The van der Waals surface area contributed by atoms with Crippen molar-refractivity contribution in [2.45, 2.75) is 111 Å². The molecule has 0 spiro atoms. The average Bonchev–Trinajstić information content (AvgIpc) is 2.81. The number of aliphatic imine (C=N–C) groups is 1. The summed E-state index contributed by atoms with van der Waals surface area (Å²) in [6.45, 7) is 26.5. The molecule has 0 bridgehead atoms. The van der Waals surface area contributed by atoms with Crippen LogP contribution >= 0.6 is 0 Å². The predicted molar refractivity (Wildman–Crippen MR) is 177 cm³/mol. The lowest BCUT2D eigenvalue weighted by atomic mass is 9.79. The Hall–Kier alpha value is -3.27. The summed E-state index contributed by atoms with van der Waals surface area (Å²) in [7, 11) is 2.03. The molecule has 0 atom stereocenters. The van der Waals surface area contributed by atoms with Crippen molar-refractivity contribution < 1.29 is 10.2 Å². The number of benzene rings is 3. The summed E-state index contributed by atoms with van der Waals surface area (Å²) in [6, 6.07) is 16.5. The number of para-hydroxylation sites is 2. The molecule has 0 unspecified atom stereocenters. The highest BCUT2D eigenvalue weighted by molar-refractivity contribution is 5.88. The Kier molecular flexibility index (Phi) is 8.80. The molecular weight excluding hydrogens is 504 g/mol. The van der Waals surface area contributed by atoms with Gasteiger partial charge in [-0.1, -0.05) is 107 Å². The van der Waals surface area contributed by atoms with Crippen LogP contribution < -0.4 is 4.90 Å². The summed E-state index contributed by atoms with van der Waals surface area (Å²) in [5.41, 5.74) is 7.11. The van der Waals surface area contributed by atoms with Crippen molar-refractivity contribution >= 4 is 17.6 Å².